The first-order chi connectivity index (χ1) is 10.8. The zero-order chi connectivity index (χ0) is 17.0. The Hall–Kier alpha value is -1.85. The quantitative estimate of drug-likeness (QED) is 0.813. The van der Waals surface area contributed by atoms with E-state index in [1.54, 1.807) is 0 Å². The molecule has 0 unspecified atom stereocenters. The minimum absolute atomic E-state index is 0.0718. The van der Waals surface area contributed by atoms with E-state index in [2.05, 4.69) is 10.3 Å². The van der Waals surface area contributed by atoms with Crippen LogP contribution in [0.2, 0.25) is 0 Å². The second-order valence-corrected chi connectivity index (χ2v) is 7.14. The third-order valence-electron chi connectivity index (χ3n) is 3.95. The highest BCUT2D eigenvalue weighted by atomic mass is 16.4. The minimum Gasteiger partial charge on any atom is -0.444 e. The molecular weight excluding hydrogens is 294 g/mol. The van der Waals surface area contributed by atoms with Gasteiger partial charge in [0.05, 0.1) is 12.1 Å². The van der Waals surface area contributed by atoms with Gasteiger partial charge in [-0.2, -0.15) is 0 Å². The van der Waals surface area contributed by atoms with E-state index in [0.29, 0.717) is 31.2 Å². The highest BCUT2D eigenvalue weighted by Gasteiger charge is 2.23. The van der Waals surface area contributed by atoms with Crippen molar-refractivity contribution in [3.05, 3.63) is 17.3 Å². The zero-order valence-corrected chi connectivity index (χ0v) is 14.6. The highest BCUT2D eigenvalue weighted by molar-refractivity contribution is 5.78. The van der Waals surface area contributed by atoms with Gasteiger partial charge in [0.1, 0.15) is 5.76 Å². The normalized spacial score (nSPS) is 15.3. The van der Waals surface area contributed by atoms with Crippen molar-refractivity contribution in [2.45, 2.75) is 58.8 Å². The second-order valence-electron chi connectivity index (χ2n) is 7.14. The number of nitrogens with zero attached hydrogens (tertiary/aromatic N) is 2. The van der Waals surface area contributed by atoms with Crippen LogP contribution < -0.4 is 5.32 Å². The summed E-state index contributed by atoms with van der Waals surface area (Å²) in [5.41, 5.74) is 0.606. The van der Waals surface area contributed by atoms with Gasteiger partial charge in [0, 0.05) is 31.5 Å². The molecule has 0 saturated carbocycles. The van der Waals surface area contributed by atoms with Gasteiger partial charge in [-0.3, -0.25) is 9.59 Å². The summed E-state index contributed by atoms with van der Waals surface area (Å²) in [7, 11) is 0. The summed E-state index contributed by atoms with van der Waals surface area (Å²) in [5.74, 6) is 1.44. The average molecular weight is 321 g/mol. The maximum Gasteiger partial charge on any atom is 0.227 e. The molecule has 1 aliphatic heterocycles. The van der Waals surface area contributed by atoms with Crippen LogP contribution in [0.5, 0.6) is 0 Å². The lowest BCUT2D eigenvalue weighted by Crippen LogP contribution is -2.31. The van der Waals surface area contributed by atoms with Crippen LogP contribution in [-0.4, -0.2) is 41.3 Å². The molecule has 2 amide bonds. The van der Waals surface area contributed by atoms with Gasteiger partial charge in [-0.05, 0) is 19.8 Å². The lowest BCUT2D eigenvalue weighted by Gasteiger charge is -2.15. The Kier molecular flexibility index (Phi) is 5.44. The van der Waals surface area contributed by atoms with Crippen molar-refractivity contribution >= 4 is 11.8 Å². The molecule has 1 aromatic rings. The average Bonchev–Trinajstić information content (AvgIpc) is 3.02. The summed E-state index contributed by atoms with van der Waals surface area (Å²) in [6, 6.07) is 0. The van der Waals surface area contributed by atoms with E-state index >= 15 is 0 Å². The fourth-order valence-corrected chi connectivity index (χ4v) is 2.56. The van der Waals surface area contributed by atoms with Gasteiger partial charge in [0.15, 0.2) is 5.89 Å². The van der Waals surface area contributed by atoms with Gasteiger partial charge in [-0.1, -0.05) is 20.8 Å². The van der Waals surface area contributed by atoms with Crippen molar-refractivity contribution in [2.24, 2.45) is 0 Å². The largest absolute Gasteiger partial charge is 0.444 e. The third kappa shape index (κ3) is 4.81. The standard InChI is InChI=1S/C17H27N3O3/c1-12-13(23-16(19-12)17(2,3)4)11-14(21)18-8-6-10-20-9-5-7-15(20)22/h5-11H2,1-4H3,(H,18,21). The lowest BCUT2D eigenvalue weighted by molar-refractivity contribution is -0.127. The molecule has 0 atom stereocenters. The molecule has 0 aliphatic carbocycles. The molecule has 128 valence electrons. The number of likely N-dealkylation sites (tertiary alicyclic amines) is 1. The van der Waals surface area contributed by atoms with Crippen LogP contribution in [0.4, 0.5) is 0 Å². The van der Waals surface area contributed by atoms with Crippen LogP contribution in [0.3, 0.4) is 0 Å². The molecule has 0 bridgehead atoms. The molecule has 2 rings (SSSR count). The summed E-state index contributed by atoms with van der Waals surface area (Å²) >= 11 is 0. The number of hydrogen-bond donors (Lipinski definition) is 1. The molecule has 1 N–H and O–H groups in total. The minimum atomic E-state index is -0.165. The molecule has 0 aromatic carbocycles. The van der Waals surface area contributed by atoms with Gasteiger partial charge >= 0.3 is 0 Å². The van der Waals surface area contributed by atoms with Gasteiger partial charge in [-0.15, -0.1) is 0 Å². The topological polar surface area (TPSA) is 75.4 Å². The van der Waals surface area contributed by atoms with E-state index in [0.717, 1.165) is 25.1 Å². The molecule has 0 radical (unpaired) electrons. The molecule has 1 fully saturated rings. The van der Waals surface area contributed by atoms with Crippen molar-refractivity contribution in [3.63, 3.8) is 0 Å². The number of aromatic nitrogens is 1. The number of nitrogens with one attached hydrogen (secondary N) is 1. The summed E-state index contributed by atoms with van der Waals surface area (Å²) in [4.78, 5) is 29.8. The Balaban J connectivity index is 1.74. The number of carbonyl (C=O) groups is 2. The predicted molar refractivity (Wildman–Crippen MR) is 87.1 cm³/mol. The molecule has 2 heterocycles. The highest BCUT2D eigenvalue weighted by Crippen LogP contribution is 2.23. The Morgan fingerprint density at radius 2 is 2.13 bits per heavy atom. The predicted octanol–water partition coefficient (Wildman–Crippen LogP) is 1.95. The molecule has 1 saturated heterocycles. The van der Waals surface area contributed by atoms with Crippen molar-refractivity contribution in [1.29, 1.82) is 0 Å². The number of carbonyl (C=O) groups excluding carboxylic acids is 2. The van der Waals surface area contributed by atoms with Gasteiger partial charge in [0.25, 0.3) is 0 Å². The number of aryl methyl sites for hydroxylation is 1. The van der Waals surface area contributed by atoms with Gasteiger partial charge in [-0.25, -0.2) is 4.98 Å². The van der Waals surface area contributed by atoms with Crippen LogP contribution in [0.15, 0.2) is 4.42 Å². The van der Waals surface area contributed by atoms with Crippen molar-refractivity contribution in [3.8, 4) is 0 Å². The van der Waals surface area contributed by atoms with Gasteiger partial charge in [0.2, 0.25) is 11.8 Å². The number of rotatable bonds is 6. The summed E-state index contributed by atoms with van der Waals surface area (Å²) < 4.78 is 5.73. The number of hydrogen-bond acceptors (Lipinski definition) is 4. The first kappa shape index (κ1) is 17.5. The van der Waals surface area contributed by atoms with E-state index in [4.69, 9.17) is 4.42 Å². The molecule has 1 aliphatic rings. The Morgan fingerprint density at radius 3 is 2.70 bits per heavy atom. The van der Waals surface area contributed by atoms with Crippen LogP contribution in [0, 0.1) is 6.92 Å². The van der Waals surface area contributed by atoms with Crippen LogP contribution >= 0.6 is 0 Å². The summed E-state index contributed by atoms with van der Waals surface area (Å²) in [6.45, 7) is 10.1. The lowest BCUT2D eigenvalue weighted by atomic mass is 9.97. The smallest absolute Gasteiger partial charge is 0.227 e. The van der Waals surface area contributed by atoms with E-state index in [1.807, 2.05) is 32.6 Å². The molecule has 0 spiro atoms. The molecule has 23 heavy (non-hydrogen) atoms. The Labute approximate surface area is 137 Å². The van der Waals surface area contributed by atoms with E-state index in [-0.39, 0.29) is 23.7 Å². The Morgan fingerprint density at radius 1 is 1.39 bits per heavy atom. The molecule has 6 heteroatoms. The first-order valence-electron chi connectivity index (χ1n) is 8.28. The number of amides is 2. The molecule has 1 aromatic heterocycles. The summed E-state index contributed by atoms with van der Waals surface area (Å²) in [5, 5.41) is 2.88. The van der Waals surface area contributed by atoms with Crippen LogP contribution in [-0.2, 0) is 21.4 Å². The van der Waals surface area contributed by atoms with Crippen LogP contribution in [0.1, 0.15) is 57.4 Å². The summed E-state index contributed by atoms with van der Waals surface area (Å²) in [6.07, 6.45) is 2.59. The van der Waals surface area contributed by atoms with E-state index < -0.39 is 0 Å². The monoisotopic (exact) mass is 321 g/mol. The molecule has 6 nitrogen and oxygen atoms in total. The zero-order valence-electron chi connectivity index (χ0n) is 14.6. The fourth-order valence-electron chi connectivity index (χ4n) is 2.56. The van der Waals surface area contributed by atoms with Crippen molar-refractivity contribution in [1.82, 2.24) is 15.2 Å². The first-order valence-corrected chi connectivity index (χ1v) is 8.28. The second kappa shape index (κ2) is 7.15. The van der Waals surface area contributed by atoms with E-state index in [9.17, 15) is 9.59 Å². The SMILES string of the molecule is Cc1nc(C(C)(C)C)oc1CC(=O)NCCCN1CCCC1=O. The van der Waals surface area contributed by atoms with Crippen molar-refractivity contribution in [2.75, 3.05) is 19.6 Å². The maximum atomic E-state index is 12.0. The van der Waals surface area contributed by atoms with E-state index in [1.165, 1.54) is 0 Å². The maximum absolute atomic E-state index is 12.0. The molecular formula is C17H27N3O3. The van der Waals surface area contributed by atoms with Crippen molar-refractivity contribution < 1.29 is 14.0 Å². The number of oxazole rings is 1. The van der Waals surface area contributed by atoms with Crippen LogP contribution in [0.25, 0.3) is 0 Å². The Bertz CT molecular complexity index is 572. The fraction of sp³-hybridized carbons (Fsp3) is 0.706. The van der Waals surface area contributed by atoms with Gasteiger partial charge < -0.3 is 14.6 Å². The third-order valence-corrected chi connectivity index (χ3v) is 3.95.